The van der Waals surface area contributed by atoms with Gasteiger partial charge in [0.25, 0.3) is 5.88 Å². The van der Waals surface area contributed by atoms with E-state index in [0.29, 0.717) is 6.54 Å². The van der Waals surface area contributed by atoms with Crippen LogP contribution in [0.2, 0.25) is 0 Å². The van der Waals surface area contributed by atoms with E-state index in [4.69, 9.17) is 4.74 Å². The Bertz CT molecular complexity index is 651. The molecule has 0 atom stereocenters. The van der Waals surface area contributed by atoms with Crippen LogP contribution in [0.15, 0.2) is 30.6 Å². The highest BCUT2D eigenvalue weighted by Gasteiger charge is 2.24. The van der Waals surface area contributed by atoms with Crippen LogP contribution in [0.4, 0.5) is 15.9 Å². The number of nitro groups is 1. The van der Waals surface area contributed by atoms with Crippen LogP contribution in [-0.2, 0) is 6.61 Å². The summed E-state index contributed by atoms with van der Waals surface area (Å²) in [4.78, 5) is 18.1. The molecular weight excluding hydrogens is 279 g/mol. The quantitative estimate of drug-likeness (QED) is 0.650. The summed E-state index contributed by atoms with van der Waals surface area (Å²) < 4.78 is 18.8. The fraction of sp³-hybridized carbons (Fsp3) is 0.231. The average molecular weight is 292 g/mol. The summed E-state index contributed by atoms with van der Waals surface area (Å²) in [7, 11) is 0. The molecule has 2 rings (SSSR count). The zero-order valence-electron chi connectivity index (χ0n) is 11.2. The summed E-state index contributed by atoms with van der Waals surface area (Å²) in [5.41, 5.74) is -0.0777. The Kier molecular flexibility index (Phi) is 4.60. The van der Waals surface area contributed by atoms with Crippen LogP contribution in [0.1, 0.15) is 12.5 Å². The summed E-state index contributed by atoms with van der Waals surface area (Å²) >= 11 is 0. The first kappa shape index (κ1) is 14.6. The molecule has 1 aromatic carbocycles. The second-order valence-electron chi connectivity index (χ2n) is 4.04. The molecule has 0 bridgehead atoms. The first-order valence-electron chi connectivity index (χ1n) is 6.23. The molecule has 21 heavy (non-hydrogen) atoms. The number of hydrogen-bond acceptors (Lipinski definition) is 6. The summed E-state index contributed by atoms with van der Waals surface area (Å²) in [6.45, 7) is 2.09. The smallest absolute Gasteiger partial charge is 0.372 e. The topological polar surface area (TPSA) is 90.2 Å². The normalized spacial score (nSPS) is 10.2. The Labute approximate surface area is 120 Å². The molecule has 0 amide bonds. The van der Waals surface area contributed by atoms with Gasteiger partial charge in [-0.15, -0.1) is 0 Å². The van der Waals surface area contributed by atoms with E-state index in [1.54, 1.807) is 19.1 Å². The lowest BCUT2D eigenvalue weighted by Gasteiger charge is -2.08. The third kappa shape index (κ3) is 3.41. The first-order chi connectivity index (χ1) is 10.1. The lowest BCUT2D eigenvalue weighted by Crippen LogP contribution is -2.08. The van der Waals surface area contributed by atoms with Crippen molar-refractivity contribution in [3.63, 3.8) is 0 Å². The number of nitrogens with zero attached hydrogens (tertiary/aromatic N) is 3. The average Bonchev–Trinajstić information content (AvgIpc) is 2.46. The molecule has 0 aliphatic rings. The molecule has 0 aliphatic heterocycles. The molecule has 0 unspecified atom stereocenters. The summed E-state index contributed by atoms with van der Waals surface area (Å²) in [5.74, 6) is -0.573. The molecule has 8 heteroatoms. The molecule has 0 saturated heterocycles. The number of ether oxygens (including phenoxy) is 1. The highest BCUT2D eigenvalue weighted by molar-refractivity contribution is 5.61. The third-order valence-electron chi connectivity index (χ3n) is 2.64. The molecule has 0 fully saturated rings. The number of hydrogen-bond donors (Lipinski definition) is 1. The highest BCUT2D eigenvalue weighted by Crippen LogP contribution is 2.31. The van der Waals surface area contributed by atoms with E-state index in [-0.39, 0.29) is 29.6 Å². The maximum Gasteiger partial charge on any atom is 0.372 e. The molecular formula is C13H13FN4O3. The molecule has 0 spiro atoms. The van der Waals surface area contributed by atoms with Gasteiger partial charge in [-0.05, 0) is 13.0 Å². The predicted molar refractivity (Wildman–Crippen MR) is 73.6 cm³/mol. The van der Waals surface area contributed by atoms with Crippen LogP contribution in [-0.4, -0.2) is 21.4 Å². The van der Waals surface area contributed by atoms with Crippen LogP contribution >= 0.6 is 0 Å². The van der Waals surface area contributed by atoms with Crippen LogP contribution in [0.25, 0.3) is 0 Å². The molecule has 2 aromatic rings. The SMILES string of the molecule is CCNc1ncnc(OCc2ccccc2F)c1[N+](=O)[O-]. The molecule has 0 aliphatic carbocycles. The number of rotatable bonds is 6. The van der Waals surface area contributed by atoms with Crippen molar-refractivity contribution in [1.29, 1.82) is 0 Å². The standard InChI is InChI=1S/C13H13FN4O3/c1-2-15-12-11(18(19)20)13(17-8-16-12)21-7-9-5-3-4-6-10(9)14/h3-6,8H,2,7H2,1H3,(H,15,16,17). The van der Waals surface area contributed by atoms with Gasteiger partial charge >= 0.3 is 5.69 Å². The Morgan fingerprint density at radius 1 is 1.38 bits per heavy atom. The second-order valence-corrected chi connectivity index (χ2v) is 4.04. The van der Waals surface area contributed by atoms with E-state index in [2.05, 4.69) is 15.3 Å². The molecule has 1 aromatic heterocycles. The largest absolute Gasteiger partial charge is 0.468 e. The number of nitrogens with one attached hydrogen (secondary N) is 1. The number of aromatic nitrogens is 2. The molecule has 110 valence electrons. The minimum Gasteiger partial charge on any atom is -0.468 e. The Morgan fingerprint density at radius 2 is 2.14 bits per heavy atom. The lowest BCUT2D eigenvalue weighted by molar-refractivity contribution is -0.385. The maximum absolute atomic E-state index is 13.5. The Morgan fingerprint density at radius 3 is 2.81 bits per heavy atom. The van der Waals surface area contributed by atoms with Gasteiger partial charge in [0.2, 0.25) is 5.82 Å². The monoisotopic (exact) mass is 292 g/mol. The van der Waals surface area contributed by atoms with E-state index < -0.39 is 10.7 Å². The minimum absolute atomic E-state index is 0.0704. The van der Waals surface area contributed by atoms with E-state index in [0.717, 1.165) is 6.33 Å². The first-order valence-corrected chi connectivity index (χ1v) is 6.23. The fourth-order valence-electron chi connectivity index (χ4n) is 1.69. The number of benzene rings is 1. The molecule has 0 radical (unpaired) electrons. The van der Waals surface area contributed by atoms with Crippen LogP contribution in [0.5, 0.6) is 5.88 Å². The summed E-state index contributed by atoms with van der Waals surface area (Å²) in [5, 5.41) is 13.9. The van der Waals surface area contributed by atoms with Crippen molar-refractivity contribution in [3.8, 4) is 5.88 Å². The van der Waals surface area contributed by atoms with Gasteiger partial charge in [-0.3, -0.25) is 10.1 Å². The minimum atomic E-state index is -0.630. The van der Waals surface area contributed by atoms with Gasteiger partial charge in [0.1, 0.15) is 18.8 Å². The van der Waals surface area contributed by atoms with Crippen molar-refractivity contribution < 1.29 is 14.1 Å². The van der Waals surface area contributed by atoms with Crippen molar-refractivity contribution in [2.45, 2.75) is 13.5 Å². The maximum atomic E-state index is 13.5. The van der Waals surface area contributed by atoms with Crippen molar-refractivity contribution in [3.05, 3.63) is 52.1 Å². The molecule has 7 nitrogen and oxygen atoms in total. The Balaban J connectivity index is 2.25. The van der Waals surface area contributed by atoms with Gasteiger partial charge < -0.3 is 10.1 Å². The van der Waals surface area contributed by atoms with Gasteiger partial charge in [-0.1, -0.05) is 18.2 Å². The van der Waals surface area contributed by atoms with Crippen molar-refractivity contribution in [1.82, 2.24) is 9.97 Å². The van der Waals surface area contributed by atoms with E-state index >= 15 is 0 Å². The Hall–Kier alpha value is -2.77. The fourth-order valence-corrected chi connectivity index (χ4v) is 1.69. The zero-order valence-corrected chi connectivity index (χ0v) is 11.2. The van der Waals surface area contributed by atoms with Gasteiger partial charge in [-0.25, -0.2) is 9.37 Å². The summed E-state index contributed by atoms with van der Waals surface area (Å²) in [6.07, 6.45) is 1.15. The molecule has 1 N–H and O–H groups in total. The molecule has 0 saturated carbocycles. The van der Waals surface area contributed by atoms with Gasteiger partial charge in [0.05, 0.1) is 4.92 Å². The number of halogens is 1. The van der Waals surface area contributed by atoms with Crippen LogP contribution < -0.4 is 10.1 Å². The van der Waals surface area contributed by atoms with Gasteiger partial charge in [0.15, 0.2) is 0 Å². The highest BCUT2D eigenvalue weighted by atomic mass is 19.1. The van der Waals surface area contributed by atoms with Crippen molar-refractivity contribution in [2.75, 3.05) is 11.9 Å². The van der Waals surface area contributed by atoms with E-state index in [9.17, 15) is 14.5 Å². The number of anilines is 1. The van der Waals surface area contributed by atoms with Crippen molar-refractivity contribution >= 4 is 11.5 Å². The third-order valence-corrected chi connectivity index (χ3v) is 2.64. The van der Waals surface area contributed by atoms with E-state index in [1.807, 2.05) is 0 Å². The van der Waals surface area contributed by atoms with Gasteiger partial charge in [-0.2, -0.15) is 4.98 Å². The second kappa shape index (κ2) is 6.60. The predicted octanol–water partition coefficient (Wildman–Crippen LogP) is 2.53. The lowest BCUT2D eigenvalue weighted by atomic mass is 10.2. The van der Waals surface area contributed by atoms with Crippen molar-refractivity contribution in [2.24, 2.45) is 0 Å². The summed E-state index contributed by atoms with van der Waals surface area (Å²) in [6, 6.07) is 6.03. The zero-order chi connectivity index (χ0) is 15.2. The van der Waals surface area contributed by atoms with Crippen LogP contribution in [0, 0.1) is 15.9 Å². The van der Waals surface area contributed by atoms with Gasteiger partial charge in [0, 0.05) is 12.1 Å². The van der Waals surface area contributed by atoms with E-state index in [1.165, 1.54) is 12.1 Å². The van der Waals surface area contributed by atoms with Crippen LogP contribution in [0.3, 0.4) is 0 Å². The molecule has 1 heterocycles.